The third-order valence-corrected chi connectivity index (χ3v) is 3.76. The largest absolute Gasteiger partial charge is 0.341 e. The maximum absolute atomic E-state index is 11.5. The standard InChI is InChI=1S/C13H25N3O/c1-11(10-16-9-3-5-13(16)17)15-12-4-2-7-14-8-6-12/h11-12,14-15H,2-10H2,1H3. The van der Waals surface area contributed by atoms with Crippen molar-refractivity contribution in [1.29, 1.82) is 0 Å². The molecule has 0 aliphatic carbocycles. The Morgan fingerprint density at radius 1 is 1.41 bits per heavy atom. The molecule has 4 heteroatoms. The summed E-state index contributed by atoms with van der Waals surface area (Å²) >= 11 is 0. The van der Waals surface area contributed by atoms with Gasteiger partial charge in [0.25, 0.3) is 0 Å². The van der Waals surface area contributed by atoms with Crippen molar-refractivity contribution >= 4 is 5.91 Å². The minimum Gasteiger partial charge on any atom is -0.341 e. The van der Waals surface area contributed by atoms with Crippen molar-refractivity contribution in [2.45, 2.75) is 51.1 Å². The van der Waals surface area contributed by atoms with Gasteiger partial charge in [0.15, 0.2) is 0 Å². The van der Waals surface area contributed by atoms with Crippen molar-refractivity contribution in [3.63, 3.8) is 0 Å². The number of nitrogens with zero attached hydrogens (tertiary/aromatic N) is 1. The van der Waals surface area contributed by atoms with Crippen LogP contribution in [0.25, 0.3) is 0 Å². The molecule has 0 aromatic rings. The van der Waals surface area contributed by atoms with Crippen molar-refractivity contribution in [1.82, 2.24) is 15.5 Å². The summed E-state index contributed by atoms with van der Waals surface area (Å²) in [7, 11) is 0. The summed E-state index contributed by atoms with van der Waals surface area (Å²) in [6.45, 7) is 6.30. The van der Waals surface area contributed by atoms with E-state index in [4.69, 9.17) is 0 Å². The normalized spacial score (nSPS) is 28.2. The second-order valence-corrected chi connectivity index (χ2v) is 5.39. The van der Waals surface area contributed by atoms with Crippen molar-refractivity contribution in [3.8, 4) is 0 Å². The first-order valence-corrected chi connectivity index (χ1v) is 7.00. The average Bonchev–Trinajstić information content (AvgIpc) is 2.55. The molecule has 2 atom stereocenters. The Kier molecular flexibility index (Phi) is 4.80. The lowest BCUT2D eigenvalue weighted by atomic mass is 10.1. The maximum Gasteiger partial charge on any atom is 0.222 e. The van der Waals surface area contributed by atoms with Crippen LogP contribution in [0.4, 0.5) is 0 Å². The number of hydrogen-bond donors (Lipinski definition) is 2. The van der Waals surface area contributed by atoms with E-state index < -0.39 is 0 Å². The molecule has 2 saturated heterocycles. The Morgan fingerprint density at radius 3 is 3.06 bits per heavy atom. The van der Waals surface area contributed by atoms with Gasteiger partial charge in [-0.3, -0.25) is 4.79 Å². The highest BCUT2D eigenvalue weighted by molar-refractivity contribution is 5.78. The SMILES string of the molecule is CC(CN1CCCC1=O)NC1CCCNCC1. The van der Waals surface area contributed by atoms with Crippen LogP contribution >= 0.6 is 0 Å². The van der Waals surface area contributed by atoms with E-state index in [-0.39, 0.29) is 0 Å². The highest BCUT2D eigenvalue weighted by Crippen LogP contribution is 2.11. The van der Waals surface area contributed by atoms with Crippen molar-refractivity contribution in [3.05, 3.63) is 0 Å². The molecule has 0 bridgehead atoms. The maximum atomic E-state index is 11.5. The Morgan fingerprint density at radius 2 is 2.29 bits per heavy atom. The molecule has 0 aromatic carbocycles. The van der Waals surface area contributed by atoms with E-state index in [1.54, 1.807) is 0 Å². The van der Waals surface area contributed by atoms with E-state index in [2.05, 4.69) is 17.6 Å². The van der Waals surface area contributed by atoms with Crippen LogP contribution in [-0.4, -0.2) is 49.1 Å². The van der Waals surface area contributed by atoms with Gasteiger partial charge >= 0.3 is 0 Å². The third kappa shape index (κ3) is 3.96. The molecular formula is C13H25N3O. The number of hydrogen-bond acceptors (Lipinski definition) is 3. The molecule has 0 spiro atoms. The lowest BCUT2D eigenvalue weighted by Gasteiger charge is -2.26. The van der Waals surface area contributed by atoms with Gasteiger partial charge in [0.2, 0.25) is 5.91 Å². The molecule has 0 saturated carbocycles. The second kappa shape index (κ2) is 6.36. The topological polar surface area (TPSA) is 44.4 Å². The van der Waals surface area contributed by atoms with Gasteiger partial charge in [-0.15, -0.1) is 0 Å². The number of carbonyl (C=O) groups excluding carboxylic acids is 1. The van der Waals surface area contributed by atoms with Crippen LogP contribution in [0.1, 0.15) is 39.0 Å². The predicted octanol–water partition coefficient (Wildman–Crippen LogP) is 0.729. The summed E-state index contributed by atoms with van der Waals surface area (Å²) < 4.78 is 0. The monoisotopic (exact) mass is 239 g/mol. The first kappa shape index (κ1) is 12.8. The molecule has 2 N–H and O–H groups in total. The van der Waals surface area contributed by atoms with Crippen molar-refractivity contribution in [2.75, 3.05) is 26.2 Å². The Bertz CT molecular complexity index is 249. The number of rotatable bonds is 4. The molecule has 2 aliphatic heterocycles. The van der Waals surface area contributed by atoms with Crippen LogP contribution in [0.3, 0.4) is 0 Å². The van der Waals surface area contributed by atoms with E-state index in [1.807, 2.05) is 4.90 Å². The first-order chi connectivity index (χ1) is 8.25. The summed E-state index contributed by atoms with van der Waals surface area (Å²) in [5.74, 6) is 0.334. The van der Waals surface area contributed by atoms with Crippen LogP contribution in [0.15, 0.2) is 0 Å². The fourth-order valence-corrected chi connectivity index (χ4v) is 2.87. The minimum atomic E-state index is 0.334. The Hall–Kier alpha value is -0.610. The Balaban J connectivity index is 1.72. The van der Waals surface area contributed by atoms with Gasteiger partial charge in [0.1, 0.15) is 0 Å². The van der Waals surface area contributed by atoms with E-state index >= 15 is 0 Å². The molecule has 4 nitrogen and oxygen atoms in total. The number of likely N-dealkylation sites (tertiary alicyclic amines) is 1. The summed E-state index contributed by atoms with van der Waals surface area (Å²) in [5.41, 5.74) is 0. The molecule has 2 fully saturated rings. The number of carbonyl (C=O) groups is 1. The highest BCUT2D eigenvalue weighted by Gasteiger charge is 2.22. The van der Waals surface area contributed by atoms with Crippen molar-refractivity contribution in [2.24, 2.45) is 0 Å². The van der Waals surface area contributed by atoms with Crippen LogP contribution in [0.2, 0.25) is 0 Å². The zero-order valence-corrected chi connectivity index (χ0v) is 10.9. The van der Waals surface area contributed by atoms with Gasteiger partial charge in [-0.05, 0) is 45.7 Å². The fourth-order valence-electron chi connectivity index (χ4n) is 2.87. The van der Waals surface area contributed by atoms with E-state index in [0.29, 0.717) is 18.0 Å². The molecule has 2 aliphatic rings. The van der Waals surface area contributed by atoms with Gasteiger partial charge in [0.05, 0.1) is 0 Å². The van der Waals surface area contributed by atoms with Gasteiger partial charge in [-0.1, -0.05) is 0 Å². The smallest absolute Gasteiger partial charge is 0.222 e. The molecule has 0 aromatic heterocycles. The van der Waals surface area contributed by atoms with E-state index in [9.17, 15) is 4.79 Å². The van der Waals surface area contributed by atoms with Gasteiger partial charge in [-0.2, -0.15) is 0 Å². The summed E-state index contributed by atoms with van der Waals surface area (Å²) in [5, 5.41) is 7.10. The lowest BCUT2D eigenvalue weighted by molar-refractivity contribution is -0.127. The van der Waals surface area contributed by atoms with Crippen LogP contribution in [0, 0.1) is 0 Å². The van der Waals surface area contributed by atoms with Crippen LogP contribution < -0.4 is 10.6 Å². The second-order valence-electron chi connectivity index (χ2n) is 5.39. The average molecular weight is 239 g/mol. The fraction of sp³-hybridized carbons (Fsp3) is 0.923. The third-order valence-electron chi connectivity index (χ3n) is 3.76. The first-order valence-electron chi connectivity index (χ1n) is 7.00. The molecule has 2 heterocycles. The van der Waals surface area contributed by atoms with Crippen LogP contribution in [-0.2, 0) is 4.79 Å². The predicted molar refractivity (Wildman–Crippen MR) is 68.9 cm³/mol. The van der Waals surface area contributed by atoms with Gasteiger partial charge < -0.3 is 15.5 Å². The summed E-state index contributed by atoms with van der Waals surface area (Å²) in [4.78, 5) is 13.6. The highest BCUT2D eigenvalue weighted by atomic mass is 16.2. The quantitative estimate of drug-likeness (QED) is 0.760. The minimum absolute atomic E-state index is 0.334. The van der Waals surface area contributed by atoms with Gasteiger partial charge in [-0.25, -0.2) is 0 Å². The van der Waals surface area contributed by atoms with Crippen molar-refractivity contribution < 1.29 is 4.79 Å². The molecular weight excluding hydrogens is 214 g/mol. The zero-order chi connectivity index (χ0) is 12.1. The molecule has 17 heavy (non-hydrogen) atoms. The Labute approximate surface area is 104 Å². The summed E-state index contributed by atoms with van der Waals surface area (Å²) in [6, 6.07) is 1.04. The number of amides is 1. The molecule has 1 amide bonds. The zero-order valence-electron chi connectivity index (χ0n) is 10.9. The van der Waals surface area contributed by atoms with Crippen LogP contribution in [0.5, 0.6) is 0 Å². The van der Waals surface area contributed by atoms with Gasteiger partial charge in [0, 0.05) is 31.6 Å². The lowest BCUT2D eigenvalue weighted by Crippen LogP contribution is -2.44. The molecule has 2 rings (SSSR count). The van der Waals surface area contributed by atoms with E-state index in [0.717, 1.165) is 39.0 Å². The summed E-state index contributed by atoms with van der Waals surface area (Å²) in [6.07, 6.45) is 5.51. The molecule has 2 unspecified atom stereocenters. The molecule has 98 valence electrons. The number of nitrogens with one attached hydrogen (secondary N) is 2. The van der Waals surface area contributed by atoms with E-state index in [1.165, 1.54) is 19.3 Å². The molecule has 0 radical (unpaired) electrons.